The van der Waals surface area contributed by atoms with Gasteiger partial charge in [-0.15, -0.1) is 0 Å². The summed E-state index contributed by atoms with van der Waals surface area (Å²) in [4.78, 5) is 12.9. The zero-order chi connectivity index (χ0) is 30.7. The predicted molar refractivity (Wildman–Crippen MR) is 154 cm³/mol. The third-order valence-electron chi connectivity index (χ3n) is 6.99. The first-order chi connectivity index (χ1) is 19.7. The van der Waals surface area contributed by atoms with Crippen LogP contribution in [0.4, 0.5) is 13.2 Å². The molecule has 4 aromatic rings. The van der Waals surface area contributed by atoms with Gasteiger partial charge in [0.15, 0.2) is 15.6 Å². The number of aliphatic carboxylic acids is 1. The molecule has 0 aliphatic rings. The number of carboxylic acids is 1. The smallest absolute Gasteiger partial charge is 0.449 e. The Balaban J connectivity index is 1.61. The lowest BCUT2D eigenvalue weighted by atomic mass is 9.96. The summed E-state index contributed by atoms with van der Waals surface area (Å²) in [6.45, 7) is 7.24. The lowest BCUT2D eigenvalue weighted by Crippen LogP contribution is -2.23. The van der Waals surface area contributed by atoms with Crippen molar-refractivity contribution in [2.75, 3.05) is 5.75 Å². The van der Waals surface area contributed by atoms with E-state index in [2.05, 4.69) is 19.1 Å². The monoisotopic (exact) mass is 599 g/mol. The third kappa shape index (κ3) is 7.68. The molecule has 4 rings (SSSR count). The average Bonchev–Trinajstić information content (AvgIpc) is 3.39. The fraction of sp³-hybridized carbons (Fsp3) is 0.281. The van der Waals surface area contributed by atoms with Crippen molar-refractivity contribution in [3.05, 3.63) is 112 Å². The van der Waals surface area contributed by atoms with Crippen LogP contribution in [0.25, 0.3) is 11.1 Å². The first-order valence-electron chi connectivity index (χ1n) is 13.4. The van der Waals surface area contributed by atoms with E-state index in [1.807, 2.05) is 43.0 Å². The molecule has 3 aromatic carbocycles. The summed E-state index contributed by atoms with van der Waals surface area (Å²) in [5, 5.41) is 8.94. The number of carboxylic acid groups (broad SMARTS) is 1. The maximum absolute atomic E-state index is 13.2. The quantitative estimate of drug-likeness (QED) is 0.196. The number of hydrogen-bond acceptors (Lipinski definition) is 5. The van der Waals surface area contributed by atoms with E-state index in [-0.39, 0.29) is 17.2 Å². The highest BCUT2D eigenvalue weighted by Crippen LogP contribution is 2.32. The maximum Gasteiger partial charge on any atom is 0.449 e. The van der Waals surface area contributed by atoms with Crippen molar-refractivity contribution in [2.24, 2.45) is 0 Å². The number of halogens is 3. The molecule has 0 fully saturated rings. The van der Waals surface area contributed by atoms with Crippen molar-refractivity contribution in [2.45, 2.75) is 57.9 Å². The van der Waals surface area contributed by atoms with E-state index in [0.29, 0.717) is 18.7 Å². The van der Waals surface area contributed by atoms with Crippen molar-refractivity contribution in [1.82, 2.24) is 4.90 Å². The number of carbonyl (C=O) groups is 1. The zero-order valence-corrected chi connectivity index (χ0v) is 24.3. The summed E-state index contributed by atoms with van der Waals surface area (Å²) in [5.74, 6) is -3.24. The lowest BCUT2D eigenvalue weighted by molar-refractivity contribution is -0.153. The molecule has 1 heterocycles. The molecule has 0 radical (unpaired) electrons. The lowest BCUT2D eigenvalue weighted by Gasteiger charge is -2.25. The van der Waals surface area contributed by atoms with Crippen LogP contribution in [0.3, 0.4) is 0 Å². The van der Waals surface area contributed by atoms with E-state index >= 15 is 0 Å². The van der Waals surface area contributed by atoms with Gasteiger partial charge in [0, 0.05) is 13.1 Å². The number of alkyl halides is 3. The van der Waals surface area contributed by atoms with Crippen LogP contribution in [0.5, 0.6) is 0 Å². The Kier molecular flexibility index (Phi) is 9.27. The van der Waals surface area contributed by atoms with Crippen molar-refractivity contribution in [1.29, 1.82) is 0 Å². The Hall–Kier alpha value is -3.89. The Morgan fingerprint density at radius 2 is 1.62 bits per heavy atom. The van der Waals surface area contributed by atoms with Gasteiger partial charge in [0.05, 0.1) is 11.4 Å². The number of benzene rings is 3. The molecule has 222 valence electrons. The van der Waals surface area contributed by atoms with Gasteiger partial charge in [0.25, 0.3) is 0 Å². The molecule has 1 N–H and O–H groups in total. The fourth-order valence-corrected chi connectivity index (χ4v) is 6.11. The van der Waals surface area contributed by atoms with E-state index in [0.717, 1.165) is 40.3 Å². The van der Waals surface area contributed by atoms with Gasteiger partial charge >= 0.3 is 12.1 Å². The molecule has 0 atom stereocenters. The van der Waals surface area contributed by atoms with Crippen LogP contribution in [-0.4, -0.2) is 30.1 Å². The molecule has 0 saturated carbocycles. The summed E-state index contributed by atoms with van der Waals surface area (Å²) in [7, 11) is -3.98. The van der Waals surface area contributed by atoms with Gasteiger partial charge in [0.2, 0.25) is 5.76 Å². The highest BCUT2D eigenvalue weighted by Gasteiger charge is 2.35. The molecule has 0 unspecified atom stereocenters. The van der Waals surface area contributed by atoms with Crippen LogP contribution in [-0.2, 0) is 46.9 Å². The standard InChI is InChI=1S/C32H32F3NO5S/c1-4-24-15-21(2)14-22(3)29(24)19-36(18-27-12-13-30(41-27)32(33,34)35)17-23-8-10-25(11-9-23)26-6-5-7-28(16-26)42(39,40)20-31(37)38/h5-16H,4,17-20H2,1-3H3,(H,37,38). The van der Waals surface area contributed by atoms with Crippen molar-refractivity contribution in [3.63, 3.8) is 0 Å². The average molecular weight is 600 g/mol. The number of nitrogens with zero attached hydrogens (tertiary/aromatic N) is 1. The zero-order valence-electron chi connectivity index (χ0n) is 23.5. The van der Waals surface area contributed by atoms with Gasteiger partial charge in [-0.1, -0.05) is 61.0 Å². The summed E-state index contributed by atoms with van der Waals surface area (Å²) in [6, 6.07) is 20.1. The molecule has 6 nitrogen and oxygen atoms in total. The van der Waals surface area contributed by atoms with Gasteiger partial charge in [0.1, 0.15) is 5.76 Å². The largest absolute Gasteiger partial charge is 0.480 e. The van der Waals surface area contributed by atoms with Crippen LogP contribution in [0, 0.1) is 13.8 Å². The molecule has 42 heavy (non-hydrogen) atoms. The van der Waals surface area contributed by atoms with Crippen LogP contribution >= 0.6 is 0 Å². The summed E-state index contributed by atoms with van der Waals surface area (Å²) in [6.07, 6.45) is -3.74. The van der Waals surface area contributed by atoms with E-state index < -0.39 is 33.5 Å². The molecule has 0 bridgehead atoms. The molecule has 1 aromatic heterocycles. The number of sulfone groups is 1. The summed E-state index contributed by atoms with van der Waals surface area (Å²) < 4.78 is 69.5. The molecule has 10 heteroatoms. The Morgan fingerprint density at radius 1 is 0.905 bits per heavy atom. The van der Waals surface area contributed by atoms with Crippen molar-refractivity contribution < 1.29 is 35.9 Å². The summed E-state index contributed by atoms with van der Waals surface area (Å²) in [5.41, 5.74) is 6.82. The van der Waals surface area contributed by atoms with E-state index in [9.17, 15) is 26.4 Å². The van der Waals surface area contributed by atoms with Gasteiger partial charge in [-0.3, -0.25) is 9.69 Å². The third-order valence-corrected chi connectivity index (χ3v) is 8.59. The van der Waals surface area contributed by atoms with Gasteiger partial charge in [-0.25, -0.2) is 8.42 Å². The minimum atomic E-state index is -4.56. The number of rotatable bonds is 11. The maximum atomic E-state index is 13.2. The topological polar surface area (TPSA) is 87.8 Å². The second kappa shape index (κ2) is 12.5. The molecule has 0 aliphatic heterocycles. The first kappa shape index (κ1) is 31.1. The van der Waals surface area contributed by atoms with Crippen LogP contribution in [0.15, 0.2) is 82.1 Å². The molecule has 0 aliphatic carbocycles. The number of furan rings is 1. The SMILES string of the molecule is CCc1cc(C)cc(C)c1CN(Cc1ccc(-c2cccc(S(=O)(=O)CC(=O)O)c2)cc1)Cc1ccc(C(F)(F)F)o1. The van der Waals surface area contributed by atoms with Crippen LogP contribution < -0.4 is 0 Å². The Bertz CT molecular complexity index is 1680. The molecule has 0 spiro atoms. The molecular formula is C32H32F3NO5S. The van der Waals surface area contributed by atoms with E-state index in [1.165, 1.54) is 23.8 Å². The number of aryl methyl sites for hydroxylation is 3. The van der Waals surface area contributed by atoms with Crippen molar-refractivity contribution >= 4 is 15.8 Å². The Morgan fingerprint density at radius 3 is 2.24 bits per heavy atom. The van der Waals surface area contributed by atoms with E-state index in [4.69, 9.17) is 9.52 Å². The van der Waals surface area contributed by atoms with Gasteiger partial charge in [-0.2, -0.15) is 13.2 Å². The highest BCUT2D eigenvalue weighted by atomic mass is 32.2. The van der Waals surface area contributed by atoms with Gasteiger partial charge < -0.3 is 9.52 Å². The van der Waals surface area contributed by atoms with Crippen LogP contribution in [0.1, 0.15) is 46.3 Å². The fourth-order valence-electron chi connectivity index (χ4n) is 5.03. The first-order valence-corrected chi connectivity index (χ1v) is 15.0. The predicted octanol–water partition coefficient (Wildman–Crippen LogP) is 7.21. The minimum absolute atomic E-state index is 0.0745. The highest BCUT2D eigenvalue weighted by molar-refractivity contribution is 7.92. The molecular weight excluding hydrogens is 567 g/mol. The van der Waals surface area contributed by atoms with Gasteiger partial charge in [-0.05, 0) is 77.9 Å². The van der Waals surface area contributed by atoms with E-state index in [1.54, 1.807) is 12.1 Å². The van der Waals surface area contributed by atoms with Crippen molar-refractivity contribution in [3.8, 4) is 11.1 Å². The van der Waals surface area contributed by atoms with Crippen LogP contribution in [0.2, 0.25) is 0 Å². The molecule has 0 amide bonds. The minimum Gasteiger partial charge on any atom is -0.480 e. The number of hydrogen-bond donors (Lipinski definition) is 1. The Labute approximate surface area is 243 Å². The molecule has 0 saturated heterocycles. The normalized spacial score (nSPS) is 12.2. The summed E-state index contributed by atoms with van der Waals surface area (Å²) >= 11 is 0. The second-order valence-electron chi connectivity index (χ2n) is 10.4. The second-order valence-corrected chi connectivity index (χ2v) is 12.3.